The molecule has 0 aliphatic heterocycles. The molecule has 1 aromatic carbocycles. The molecule has 0 saturated heterocycles. The molecular weight excluding hydrogens is 196 g/mol. The van der Waals surface area contributed by atoms with Gasteiger partial charge in [0.2, 0.25) is 0 Å². The van der Waals surface area contributed by atoms with E-state index in [0.29, 0.717) is 5.92 Å². The van der Waals surface area contributed by atoms with Crippen LogP contribution >= 0.6 is 0 Å². The number of nitrogens with two attached hydrogens (primary N) is 1. The number of aromatic nitrogens is 1. The van der Waals surface area contributed by atoms with Gasteiger partial charge in [-0.3, -0.25) is 4.98 Å². The molecule has 0 spiro atoms. The zero-order valence-electron chi connectivity index (χ0n) is 9.90. The number of aryl methyl sites for hydroxylation is 1. The maximum absolute atomic E-state index is 5.69. The highest BCUT2D eigenvalue weighted by Gasteiger charge is 2.06. The summed E-state index contributed by atoms with van der Waals surface area (Å²) in [7, 11) is 0. The molecule has 0 bridgehead atoms. The molecule has 0 aliphatic carbocycles. The second-order valence-corrected chi connectivity index (χ2v) is 4.57. The average molecular weight is 214 g/mol. The molecule has 0 fully saturated rings. The highest BCUT2D eigenvalue weighted by Crippen LogP contribution is 2.22. The minimum Gasteiger partial charge on any atom is -0.330 e. The summed E-state index contributed by atoms with van der Waals surface area (Å²) in [4.78, 5) is 4.17. The molecule has 2 nitrogen and oxygen atoms in total. The Kier molecular flexibility index (Phi) is 3.20. The Labute approximate surface area is 96.5 Å². The molecule has 1 heterocycles. The lowest BCUT2D eigenvalue weighted by Crippen LogP contribution is -2.13. The normalized spacial score (nSPS) is 12.9. The van der Waals surface area contributed by atoms with Crippen LogP contribution in [-0.2, 0) is 6.42 Å². The van der Waals surface area contributed by atoms with Gasteiger partial charge in [-0.15, -0.1) is 0 Å². The van der Waals surface area contributed by atoms with Gasteiger partial charge in [-0.2, -0.15) is 0 Å². The first-order valence-corrected chi connectivity index (χ1v) is 5.74. The van der Waals surface area contributed by atoms with Crippen molar-refractivity contribution in [3.63, 3.8) is 0 Å². The predicted octanol–water partition coefficient (Wildman–Crippen LogP) is 2.68. The second kappa shape index (κ2) is 4.62. The summed E-state index contributed by atoms with van der Waals surface area (Å²) in [5, 5.41) is 2.53. The Balaban J connectivity index is 2.50. The molecule has 2 rings (SSSR count). The molecular formula is C14H18N2. The molecule has 0 radical (unpaired) electrons. The number of hydrogen-bond donors (Lipinski definition) is 1. The SMILES string of the molecule is Cc1cc(CC(C)CN)c2ccncc2c1. The lowest BCUT2D eigenvalue weighted by molar-refractivity contribution is 0.595. The van der Waals surface area contributed by atoms with E-state index in [1.165, 1.54) is 21.9 Å². The van der Waals surface area contributed by atoms with Gasteiger partial charge >= 0.3 is 0 Å². The van der Waals surface area contributed by atoms with Gasteiger partial charge in [0.25, 0.3) is 0 Å². The smallest absolute Gasteiger partial charge is 0.0346 e. The maximum atomic E-state index is 5.69. The van der Waals surface area contributed by atoms with Crippen LogP contribution in [0, 0.1) is 12.8 Å². The third-order valence-electron chi connectivity index (χ3n) is 2.95. The minimum absolute atomic E-state index is 0.526. The molecule has 2 aromatic rings. The van der Waals surface area contributed by atoms with Gasteiger partial charge < -0.3 is 5.73 Å². The molecule has 84 valence electrons. The largest absolute Gasteiger partial charge is 0.330 e. The molecule has 0 aliphatic rings. The average Bonchev–Trinajstić information content (AvgIpc) is 2.28. The lowest BCUT2D eigenvalue weighted by atomic mass is 9.95. The Hall–Kier alpha value is -1.41. The van der Waals surface area contributed by atoms with Crippen LogP contribution in [0.25, 0.3) is 10.8 Å². The molecule has 0 amide bonds. The summed E-state index contributed by atoms with van der Waals surface area (Å²) in [5.74, 6) is 0.526. The third-order valence-corrected chi connectivity index (χ3v) is 2.95. The number of fused-ring (bicyclic) bond motifs is 1. The number of hydrogen-bond acceptors (Lipinski definition) is 2. The summed E-state index contributed by atoms with van der Waals surface area (Å²) >= 11 is 0. The van der Waals surface area contributed by atoms with Crippen molar-refractivity contribution >= 4 is 10.8 Å². The first-order valence-electron chi connectivity index (χ1n) is 5.74. The minimum atomic E-state index is 0.526. The van der Waals surface area contributed by atoms with E-state index >= 15 is 0 Å². The number of nitrogens with zero attached hydrogens (tertiary/aromatic N) is 1. The summed E-state index contributed by atoms with van der Waals surface area (Å²) in [6.07, 6.45) is 4.83. The van der Waals surface area contributed by atoms with Crippen molar-refractivity contribution in [1.82, 2.24) is 4.98 Å². The topological polar surface area (TPSA) is 38.9 Å². The number of benzene rings is 1. The van der Waals surface area contributed by atoms with Crippen LogP contribution < -0.4 is 5.73 Å². The third kappa shape index (κ3) is 2.22. The van der Waals surface area contributed by atoms with Gasteiger partial charge in [0.1, 0.15) is 0 Å². The first kappa shape index (κ1) is 11.1. The zero-order valence-corrected chi connectivity index (χ0v) is 9.90. The van der Waals surface area contributed by atoms with E-state index in [9.17, 15) is 0 Å². The van der Waals surface area contributed by atoms with Crippen molar-refractivity contribution in [2.45, 2.75) is 20.3 Å². The van der Waals surface area contributed by atoms with Crippen molar-refractivity contribution in [2.24, 2.45) is 11.7 Å². The lowest BCUT2D eigenvalue weighted by Gasteiger charge is -2.12. The number of rotatable bonds is 3. The Bertz CT molecular complexity index is 491. The molecule has 1 unspecified atom stereocenters. The molecule has 1 atom stereocenters. The van der Waals surface area contributed by atoms with Gasteiger partial charge in [-0.05, 0) is 48.9 Å². The molecule has 16 heavy (non-hydrogen) atoms. The van der Waals surface area contributed by atoms with E-state index in [1.807, 2.05) is 12.4 Å². The van der Waals surface area contributed by atoms with Crippen molar-refractivity contribution < 1.29 is 0 Å². The molecule has 2 N–H and O–H groups in total. The summed E-state index contributed by atoms with van der Waals surface area (Å²) in [6.45, 7) is 5.05. The fourth-order valence-electron chi connectivity index (χ4n) is 2.08. The summed E-state index contributed by atoms with van der Waals surface area (Å²) < 4.78 is 0. The standard InChI is InChI=1S/C14H18N2/c1-10-5-12(7-11(2)8-15)14-3-4-16-9-13(14)6-10/h3-6,9,11H,7-8,15H2,1-2H3. The van der Waals surface area contributed by atoms with Crippen LogP contribution in [0.2, 0.25) is 0 Å². The van der Waals surface area contributed by atoms with Crippen molar-refractivity contribution in [2.75, 3.05) is 6.54 Å². The fourth-order valence-corrected chi connectivity index (χ4v) is 2.08. The Morgan fingerprint density at radius 1 is 1.38 bits per heavy atom. The summed E-state index contributed by atoms with van der Waals surface area (Å²) in [5.41, 5.74) is 8.37. The Morgan fingerprint density at radius 2 is 2.19 bits per heavy atom. The molecule has 0 saturated carbocycles. The van der Waals surface area contributed by atoms with Gasteiger partial charge in [-0.1, -0.05) is 18.6 Å². The quantitative estimate of drug-likeness (QED) is 0.853. The monoisotopic (exact) mass is 214 g/mol. The maximum Gasteiger partial charge on any atom is 0.0346 e. The van der Waals surface area contributed by atoms with E-state index in [4.69, 9.17) is 5.73 Å². The highest BCUT2D eigenvalue weighted by atomic mass is 14.6. The van der Waals surface area contributed by atoms with Gasteiger partial charge in [-0.25, -0.2) is 0 Å². The molecule has 2 heteroatoms. The van der Waals surface area contributed by atoms with E-state index in [2.05, 4.69) is 37.0 Å². The van der Waals surface area contributed by atoms with Crippen molar-refractivity contribution in [3.05, 3.63) is 41.7 Å². The predicted molar refractivity (Wildman–Crippen MR) is 68.4 cm³/mol. The van der Waals surface area contributed by atoms with Gasteiger partial charge in [0, 0.05) is 17.8 Å². The van der Waals surface area contributed by atoms with Crippen LogP contribution in [0.4, 0.5) is 0 Å². The Morgan fingerprint density at radius 3 is 2.94 bits per heavy atom. The fraction of sp³-hybridized carbons (Fsp3) is 0.357. The van der Waals surface area contributed by atoms with Crippen molar-refractivity contribution in [1.29, 1.82) is 0 Å². The van der Waals surface area contributed by atoms with E-state index in [0.717, 1.165) is 13.0 Å². The van der Waals surface area contributed by atoms with Crippen molar-refractivity contribution in [3.8, 4) is 0 Å². The first-order chi connectivity index (χ1) is 7.70. The second-order valence-electron chi connectivity index (χ2n) is 4.57. The molecule has 1 aromatic heterocycles. The van der Waals surface area contributed by atoms with Crippen LogP contribution in [0.3, 0.4) is 0 Å². The van der Waals surface area contributed by atoms with E-state index in [-0.39, 0.29) is 0 Å². The van der Waals surface area contributed by atoms with Crippen LogP contribution in [0.15, 0.2) is 30.6 Å². The van der Waals surface area contributed by atoms with Crippen LogP contribution in [0.1, 0.15) is 18.1 Å². The van der Waals surface area contributed by atoms with Gasteiger partial charge in [0.15, 0.2) is 0 Å². The van der Waals surface area contributed by atoms with E-state index < -0.39 is 0 Å². The zero-order chi connectivity index (χ0) is 11.5. The van der Waals surface area contributed by atoms with Crippen LogP contribution in [-0.4, -0.2) is 11.5 Å². The van der Waals surface area contributed by atoms with Gasteiger partial charge in [0.05, 0.1) is 0 Å². The van der Waals surface area contributed by atoms with Crippen LogP contribution in [0.5, 0.6) is 0 Å². The van der Waals surface area contributed by atoms with E-state index in [1.54, 1.807) is 0 Å². The highest BCUT2D eigenvalue weighted by molar-refractivity contribution is 5.85. The number of pyridine rings is 1. The summed E-state index contributed by atoms with van der Waals surface area (Å²) in [6, 6.07) is 6.53.